The van der Waals surface area contributed by atoms with E-state index >= 15 is 0 Å². The summed E-state index contributed by atoms with van der Waals surface area (Å²) in [5, 5.41) is 3.17. The van der Waals surface area contributed by atoms with E-state index in [2.05, 4.69) is 17.4 Å². The zero-order chi connectivity index (χ0) is 14.5. The van der Waals surface area contributed by atoms with E-state index in [-0.39, 0.29) is 12.0 Å². The van der Waals surface area contributed by atoms with Crippen LogP contribution in [0.25, 0.3) is 0 Å². The third-order valence-corrected chi connectivity index (χ3v) is 3.77. The summed E-state index contributed by atoms with van der Waals surface area (Å²) in [6.45, 7) is 0.894. The third kappa shape index (κ3) is 3.50. The van der Waals surface area contributed by atoms with Gasteiger partial charge in [-0.2, -0.15) is 0 Å². The second-order valence-corrected chi connectivity index (χ2v) is 5.34. The van der Waals surface area contributed by atoms with Crippen molar-refractivity contribution in [3.63, 3.8) is 0 Å². The van der Waals surface area contributed by atoms with E-state index in [1.807, 2.05) is 42.5 Å². The van der Waals surface area contributed by atoms with E-state index in [9.17, 15) is 4.79 Å². The summed E-state index contributed by atoms with van der Waals surface area (Å²) in [4.78, 5) is 12.1. The fraction of sp³-hybridized carbons (Fsp3) is 0.278. The molecule has 0 aromatic heterocycles. The average Bonchev–Trinajstić information content (AvgIpc) is 3.05. The minimum absolute atomic E-state index is 0.158. The minimum Gasteiger partial charge on any atom is -0.425 e. The second kappa shape index (κ2) is 6.55. The molecule has 0 radical (unpaired) electrons. The molecule has 3 nitrogen and oxygen atoms in total. The van der Waals surface area contributed by atoms with Crippen LogP contribution in [0.4, 0.5) is 0 Å². The molecule has 0 aliphatic carbocycles. The predicted octanol–water partition coefficient (Wildman–Crippen LogP) is 2.93. The van der Waals surface area contributed by atoms with Gasteiger partial charge in [0.2, 0.25) is 0 Å². The third-order valence-electron chi connectivity index (χ3n) is 3.77. The van der Waals surface area contributed by atoms with Crippen LogP contribution >= 0.6 is 0 Å². The Morgan fingerprint density at radius 2 is 1.86 bits per heavy atom. The van der Waals surface area contributed by atoms with Gasteiger partial charge >= 0.3 is 5.97 Å². The number of esters is 1. The van der Waals surface area contributed by atoms with E-state index in [0.717, 1.165) is 31.4 Å². The lowest BCUT2D eigenvalue weighted by molar-refractivity contribution is -0.136. The summed E-state index contributed by atoms with van der Waals surface area (Å²) in [7, 11) is 0. The van der Waals surface area contributed by atoms with Crippen molar-refractivity contribution in [2.45, 2.75) is 25.3 Å². The molecule has 1 aliphatic rings. The van der Waals surface area contributed by atoms with E-state index in [1.165, 1.54) is 5.56 Å². The Labute approximate surface area is 124 Å². The standard InChI is InChI=1S/C18H19NO2/c20-18(16-10-6-12-19-16)21-17-11-5-4-9-15(17)13-14-7-2-1-3-8-14/h1-5,7-9,11,16,19H,6,10,12-13H2. The Morgan fingerprint density at radius 3 is 2.62 bits per heavy atom. The van der Waals surface area contributed by atoms with Crippen LogP contribution in [0.2, 0.25) is 0 Å². The molecule has 1 fully saturated rings. The lowest BCUT2D eigenvalue weighted by Crippen LogP contribution is -2.34. The first-order chi connectivity index (χ1) is 10.3. The van der Waals surface area contributed by atoms with Crippen LogP contribution < -0.4 is 10.1 Å². The number of benzene rings is 2. The van der Waals surface area contributed by atoms with E-state index in [0.29, 0.717) is 5.75 Å². The number of hydrogen-bond acceptors (Lipinski definition) is 3. The van der Waals surface area contributed by atoms with Crippen LogP contribution in [-0.4, -0.2) is 18.6 Å². The molecule has 1 atom stereocenters. The molecule has 0 amide bonds. The molecule has 1 N–H and O–H groups in total. The quantitative estimate of drug-likeness (QED) is 0.691. The molecule has 2 aromatic carbocycles. The van der Waals surface area contributed by atoms with Crippen molar-refractivity contribution in [1.29, 1.82) is 0 Å². The van der Waals surface area contributed by atoms with E-state index < -0.39 is 0 Å². The fourth-order valence-corrected chi connectivity index (χ4v) is 2.63. The van der Waals surface area contributed by atoms with Crippen molar-refractivity contribution in [3.05, 3.63) is 65.7 Å². The Morgan fingerprint density at radius 1 is 1.10 bits per heavy atom. The first-order valence-corrected chi connectivity index (χ1v) is 7.40. The van der Waals surface area contributed by atoms with E-state index in [1.54, 1.807) is 0 Å². The molecule has 2 aromatic rings. The molecule has 108 valence electrons. The summed E-state index contributed by atoms with van der Waals surface area (Å²) in [6, 6.07) is 17.8. The molecule has 3 heteroatoms. The summed E-state index contributed by atoms with van der Waals surface area (Å²) < 4.78 is 5.60. The smallest absolute Gasteiger partial charge is 0.328 e. The summed E-state index contributed by atoms with van der Waals surface area (Å²) in [6.07, 6.45) is 2.66. The minimum atomic E-state index is -0.173. The Hall–Kier alpha value is -2.13. The monoisotopic (exact) mass is 281 g/mol. The molecular formula is C18H19NO2. The van der Waals surface area contributed by atoms with Crippen molar-refractivity contribution in [2.24, 2.45) is 0 Å². The van der Waals surface area contributed by atoms with Gasteiger partial charge in [0.15, 0.2) is 0 Å². The number of hydrogen-bond donors (Lipinski definition) is 1. The van der Waals surface area contributed by atoms with Crippen LogP contribution in [0.15, 0.2) is 54.6 Å². The van der Waals surface area contributed by atoms with Crippen LogP contribution in [0.1, 0.15) is 24.0 Å². The Balaban J connectivity index is 1.74. The molecule has 1 heterocycles. The number of rotatable bonds is 4. The molecule has 1 aliphatic heterocycles. The van der Waals surface area contributed by atoms with Gasteiger partial charge in [0, 0.05) is 6.42 Å². The molecule has 0 bridgehead atoms. The maximum Gasteiger partial charge on any atom is 0.328 e. The van der Waals surface area contributed by atoms with Crippen LogP contribution in [0, 0.1) is 0 Å². The van der Waals surface area contributed by atoms with Gasteiger partial charge in [0.1, 0.15) is 11.8 Å². The molecular weight excluding hydrogens is 262 g/mol. The average molecular weight is 281 g/mol. The van der Waals surface area contributed by atoms with Crippen LogP contribution in [0.5, 0.6) is 5.75 Å². The molecule has 21 heavy (non-hydrogen) atoms. The van der Waals surface area contributed by atoms with Crippen molar-refractivity contribution >= 4 is 5.97 Å². The van der Waals surface area contributed by atoms with Gasteiger partial charge in [-0.1, -0.05) is 48.5 Å². The summed E-state index contributed by atoms with van der Waals surface area (Å²) >= 11 is 0. The van der Waals surface area contributed by atoms with E-state index in [4.69, 9.17) is 4.74 Å². The van der Waals surface area contributed by atoms with Gasteiger partial charge in [-0.25, -0.2) is 4.79 Å². The van der Waals surface area contributed by atoms with Crippen molar-refractivity contribution in [3.8, 4) is 5.75 Å². The number of carbonyl (C=O) groups excluding carboxylic acids is 1. The second-order valence-electron chi connectivity index (χ2n) is 5.34. The molecule has 3 rings (SSSR count). The lowest BCUT2D eigenvalue weighted by Gasteiger charge is -2.13. The lowest BCUT2D eigenvalue weighted by atomic mass is 10.0. The summed E-state index contributed by atoms with van der Waals surface area (Å²) in [5.74, 6) is 0.494. The number of nitrogens with one attached hydrogen (secondary N) is 1. The first kappa shape index (κ1) is 13.8. The van der Waals surface area contributed by atoms with Gasteiger partial charge < -0.3 is 10.1 Å². The molecule has 0 spiro atoms. The van der Waals surface area contributed by atoms with Gasteiger partial charge in [-0.15, -0.1) is 0 Å². The Kier molecular flexibility index (Phi) is 4.31. The molecule has 1 unspecified atom stereocenters. The first-order valence-electron chi connectivity index (χ1n) is 7.40. The van der Waals surface area contributed by atoms with Crippen molar-refractivity contribution < 1.29 is 9.53 Å². The fourth-order valence-electron chi connectivity index (χ4n) is 2.63. The Bertz CT molecular complexity index is 604. The maximum absolute atomic E-state index is 12.1. The van der Waals surface area contributed by atoms with Gasteiger partial charge in [-0.05, 0) is 36.6 Å². The maximum atomic E-state index is 12.1. The highest BCUT2D eigenvalue weighted by molar-refractivity contribution is 5.78. The highest BCUT2D eigenvalue weighted by Gasteiger charge is 2.24. The number of carbonyl (C=O) groups is 1. The summed E-state index contributed by atoms with van der Waals surface area (Å²) in [5.41, 5.74) is 2.25. The van der Waals surface area contributed by atoms with Crippen molar-refractivity contribution in [2.75, 3.05) is 6.54 Å². The number of para-hydroxylation sites is 1. The van der Waals surface area contributed by atoms with Crippen LogP contribution in [0.3, 0.4) is 0 Å². The van der Waals surface area contributed by atoms with Gasteiger partial charge in [-0.3, -0.25) is 0 Å². The van der Waals surface area contributed by atoms with Crippen LogP contribution in [-0.2, 0) is 11.2 Å². The van der Waals surface area contributed by atoms with Gasteiger partial charge in [0.25, 0.3) is 0 Å². The highest BCUT2D eigenvalue weighted by atomic mass is 16.5. The molecule has 0 saturated carbocycles. The molecule has 1 saturated heterocycles. The van der Waals surface area contributed by atoms with Crippen molar-refractivity contribution in [1.82, 2.24) is 5.32 Å². The predicted molar refractivity (Wildman–Crippen MR) is 82.3 cm³/mol. The van der Waals surface area contributed by atoms with Gasteiger partial charge in [0.05, 0.1) is 0 Å². The highest BCUT2D eigenvalue weighted by Crippen LogP contribution is 2.22. The topological polar surface area (TPSA) is 38.3 Å². The normalized spacial score (nSPS) is 17.6. The zero-order valence-corrected chi connectivity index (χ0v) is 11.9. The zero-order valence-electron chi connectivity index (χ0n) is 11.9. The number of ether oxygens (including phenoxy) is 1. The SMILES string of the molecule is O=C(Oc1ccccc1Cc1ccccc1)C1CCCN1. The largest absolute Gasteiger partial charge is 0.425 e.